The van der Waals surface area contributed by atoms with Gasteiger partial charge in [0.1, 0.15) is 0 Å². The number of hydrogen-bond acceptors (Lipinski definition) is 2. The molecule has 0 atom stereocenters. The van der Waals surface area contributed by atoms with Gasteiger partial charge < -0.3 is 16.0 Å². The van der Waals surface area contributed by atoms with Gasteiger partial charge in [0.25, 0.3) is 0 Å². The Bertz CT molecular complexity index is 619. The molecule has 2 aromatic rings. The second kappa shape index (κ2) is 7.68. The van der Waals surface area contributed by atoms with E-state index in [4.69, 9.17) is 0 Å². The van der Waals surface area contributed by atoms with E-state index >= 15 is 0 Å². The summed E-state index contributed by atoms with van der Waals surface area (Å²) in [5.41, 5.74) is 2.68. The van der Waals surface area contributed by atoms with Gasteiger partial charge in [0.15, 0.2) is 0 Å². The lowest BCUT2D eigenvalue weighted by atomic mass is 9.95. The highest BCUT2D eigenvalue weighted by molar-refractivity contribution is 5.99. The largest absolute Gasteiger partial charge is 0.382 e. The van der Waals surface area contributed by atoms with Crippen molar-refractivity contribution in [3.8, 4) is 0 Å². The maximum absolute atomic E-state index is 11.9. The molecule has 0 bridgehead atoms. The Kier molecular flexibility index (Phi) is 5.14. The average molecular weight is 309 g/mol. The molecule has 2 aromatic carbocycles. The van der Waals surface area contributed by atoms with Crippen molar-refractivity contribution in [3.05, 3.63) is 54.6 Å². The van der Waals surface area contributed by atoms with Crippen molar-refractivity contribution < 1.29 is 4.79 Å². The molecular formula is C19H23N3O. The van der Waals surface area contributed by atoms with Crippen LogP contribution in [0.5, 0.6) is 0 Å². The molecule has 0 aliphatic heterocycles. The fraction of sp³-hybridized carbons (Fsp3) is 0.316. The Labute approximate surface area is 137 Å². The van der Waals surface area contributed by atoms with Crippen LogP contribution in [0.1, 0.15) is 32.1 Å². The lowest BCUT2D eigenvalue weighted by molar-refractivity contribution is 0.262. The molecule has 0 unspecified atom stereocenters. The first kappa shape index (κ1) is 15.4. The molecule has 4 heteroatoms. The molecule has 1 saturated carbocycles. The standard InChI is InChI=1S/C19H23N3O/c23-19(21-16-9-5-2-6-10-16)22-18-13-11-17(12-14-18)20-15-7-3-1-4-8-15/h2,5-6,9-15,20H,1,3-4,7-8H2,(H2,21,22,23). The molecule has 2 amide bonds. The lowest BCUT2D eigenvalue weighted by Crippen LogP contribution is -2.22. The summed E-state index contributed by atoms with van der Waals surface area (Å²) in [7, 11) is 0. The van der Waals surface area contributed by atoms with E-state index in [2.05, 4.69) is 16.0 Å². The quantitative estimate of drug-likeness (QED) is 0.738. The summed E-state index contributed by atoms with van der Waals surface area (Å²) in [5.74, 6) is 0. The molecule has 3 N–H and O–H groups in total. The molecule has 0 saturated heterocycles. The van der Waals surface area contributed by atoms with Gasteiger partial charge in [-0.15, -0.1) is 0 Å². The average Bonchev–Trinajstić information content (AvgIpc) is 2.58. The fourth-order valence-electron chi connectivity index (χ4n) is 2.95. The van der Waals surface area contributed by atoms with Crippen LogP contribution < -0.4 is 16.0 Å². The van der Waals surface area contributed by atoms with E-state index in [0.717, 1.165) is 17.1 Å². The fourth-order valence-corrected chi connectivity index (χ4v) is 2.95. The molecule has 0 radical (unpaired) electrons. The summed E-state index contributed by atoms with van der Waals surface area (Å²) < 4.78 is 0. The third-order valence-electron chi connectivity index (χ3n) is 4.15. The Morgan fingerprint density at radius 2 is 1.30 bits per heavy atom. The Balaban J connectivity index is 1.51. The minimum Gasteiger partial charge on any atom is -0.382 e. The van der Waals surface area contributed by atoms with Crippen LogP contribution >= 0.6 is 0 Å². The number of nitrogens with one attached hydrogen (secondary N) is 3. The van der Waals surface area contributed by atoms with Gasteiger partial charge >= 0.3 is 6.03 Å². The number of carbonyl (C=O) groups is 1. The van der Waals surface area contributed by atoms with E-state index in [1.54, 1.807) is 0 Å². The van der Waals surface area contributed by atoms with Gasteiger partial charge in [-0.05, 0) is 49.2 Å². The van der Waals surface area contributed by atoms with E-state index in [1.165, 1.54) is 32.1 Å². The SMILES string of the molecule is O=C(Nc1ccccc1)Nc1ccc(NC2CCCCC2)cc1. The number of carbonyl (C=O) groups excluding carboxylic acids is 1. The van der Waals surface area contributed by atoms with Crippen LogP contribution in [-0.4, -0.2) is 12.1 Å². The van der Waals surface area contributed by atoms with E-state index in [1.807, 2.05) is 54.6 Å². The second-order valence-electron chi connectivity index (χ2n) is 6.00. The molecule has 1 fully saturated rings. The van der Waals surface area contributed by atoms with Crippen molar-refractivity contribution in [3.63, 3.8) is 0 Å². The molecule has 0 aromatic heterocycles. The van der Waals surface area contributed by atoms with Gasteiger partial charge in [-0.25, -0.2) is 4.79 Å². The summed E-state index contributed by atoms with van der Waals surface area (Å²) in [6.07, 6.45) is 6.49. The highest BCUT2D eigenvalue weighted by atomic mass is 16.2. The van der Waals surface area contributed by atoms with Gasteiger partial charge in [0, 0.05) is 23.1 Å². The van der Waals surface area contributed by atoms with E-state index < -0.39 is 0 Å². The zero-order valence-electron chi connectivity index (χ0n) is 13.2. The summed E-state index contributed by atoms with van der Waals surface area (Å²) in [6.45, 7) is 0. The van der Waals surface area contributed by atoms with Crippen LogP contribution in [-0.2, 0) is 0 Å². The van der Waals surface area contributed by atoms with Gasteiger partial charge in [-0.1, -0.05) is 37.5 Å². The summed E-state index contributed by atoms with van der Waals surface area (Å²) >= 11 is 0. The highest BCUT2D eigenvalue weighted by Gasteiger charge is 2.12. The number of para-hydroxylation sites is 1. The van der Waals surface area contributed by atoms with E-state index in [-0.39, 0.29) is 6.03 Å². The predicted octanol–water partition coefficient (Wildman–Crippen LogP) is 5.08. The Morgan fingerprint density at radius 3 is 1.96 bits per heavy atom. The smallest absolute Gasteiger partial charge is 0.323 e. The normalized spacial score (nSPS) is 15.0. The summed E-state index contributed by atoms with van der Waals surface area (Å²) in [6, 6.07) is 17.7. The van der Waals surface area contributed by atoms with Crippen LogP contribution in [0.15, 0.2) is 54.6 Å². The number of urea groups is 1. The predicted molar refractivity (Wildman–Crippen MR) is 96.0 cm³/mol. The maximum Gasteiger partial charge on any atom is 0.323 e. The van der Waals surface area contributed by atoms with E-state index in [9.17, 15) is 4.79 Å². The second-order valence-corrected chi connectivity index (χ2v) is 6.00. The topological polar surface area (TPSA) is 53.2 Å². The van der Waals surface area contributed by atoms with E-state index in [0.29, 0.717) is 6.04 Å². The Morgan fingerprint density at radius 1 is 0.739 bits per heavy atom. The minimum atomic E-state index is -0.232. The van der Waals surface area contributed by atoms with Crippen LogP contribution in [0.2, 0.25) is 0 Å². The zero-order chi connectivity index (χ0) is 15.9. The van der Waals surface area contributed by atoms with Crippen LogP contribution in [0.4, 0.5) is 21.9 Å². The first-order chi connectivity index (χ1) is 11.3. The number of rotatable bonds is 4. The van der Waals surface area contributed by atoms with Crippen molar-refractivity contribution >= 4 is 23.1 Å². The van der Waals surface area contributed by atoms with Crippen molar-refractivity contribution in [1.29, 1.82) is 0 Å². The van der Waals surface area contributed by atoms with Crippen molar-refractivity contribution in [2.75, 3.05) is 16.0 Å². The highest BCUT2D eigenvalue weighted by Crippen LogP contribution is 2.22. The third-order valence-corrected chi connectivity index (χ3v) is 4.15. The molecule has 0 spiro atoms. The molecule has 1 aliphatic carbocycles. The van der Waals surface area contributed by atoms with Crippen LogP contribution in [0, 0.1) is 0 Å². The van der Waals surface area contributed by atoms with Gasteiger partial charge in [-0.3, -0.25) is 0 Å². The molecule has 4 nitrogen and oxygen atoms in total. The van der Waals surface area contributed by atoms with Crippen molar-refractivity contribution in [1.82, 2.24) is 0 Å². The molecule has 0 heterocycles. The lowest BCUT2D eigenvalue weighted by Gasteiger charge is -2.23. The maximum atomic E-state index is 11.9. The number of benzene rings is 2. The van der Waals surface area contributed by atoms with Crippen molar-refractivity contribution in [2.45, 2.75) is 38.1 Å². The third kappa shape index (κ3) is 4.74. The molecule has 1 aliphatic rings. The Hall–Kier alpha value is -2.49. The van der Waals surface area contributed by atoms with Crippen LogP contribution in [0.3, 0.4) is 0 Å². The minimum absolute atomic E-state index is 0.232. The zero-order valence-corrected chi connectivity index (χ0v) is 13.2. The molecule has 3 rings (SSSR count). The van der Waals surface area contributed by atoms with Gasteiger partial charge in [0.2, 0.25) is 0 Å². The number of anilines is 3. The van der Waals surface area contributed by atoms with Gasteiger partial charge in [-0.2, -0.15) is 0 Å². The first-order valence-corrected chi connectivity index (χ1v) is 8.29. The molecular weight excluding hydrogens is 286 g/mol. The first-order valence-electron chi connectivity index (χ1n) is 8.29. The van der Waals surface area contributed by atoms with Crippen LogP contribution in [0.25, 0.3) is 0 Å². The molecule has 23 heavy (non-hydrogen) atoms. The summed E-state index contributed by atoms with van der Waals surface area (Å²) in [4.78, 5) is 11.9. The number of amides is 2. The molecule has 120 valence electrons. The number of hydrogen-bond donors (Lipinski definition) is 3. The monoisotopic (exact) mass is 309 g/mol. The summed E-state index contributed by atoms with van der Waals surface area (Å²) in [5, 5.41) is 9.22. The van der Waals surface area contributed by atoms with Gasteiger partial charge in [0.05, 0.1) is 0 Å². The van der Waals surface area contributed by atoms with Crippen molar-refractivity contribution in [2.24, 2.45) is 0 Å².